The molecule has 0 radical (unpaired) electrons. The molecule has 1 amide bonds. The highest BCUT2D eigenvalue weighted by molar-refractivity contribution is 5.81. The number of amides is 1. The van der Waals surface area contributed by atoms with E-state index in [4.69, 9.17) is 9.47 Å². The van der Waals surface area contributed by atoms with Crippen LogP contribution in [0.5, 0.6) is 0 Å². The summed E-state index contributed by atoms with van der Waals surface area (Å²) in [5, 5.41) is 2.56. The number of hydrogen-bond donors (Lipinski definition) is 1. The van der Waals surface area contributed by atoms with Gasteiger partial charge < -0.3 is 14.8 Å². The van der Waals surface area contributed by atoms with E-state index in [0.717, 1.165) is 5.56 Å². The van der Waals surface area contributed by atoms with Gasteiger partial charge in [-0.25, -0.2) is 9.59 Å². The fourth-order valence-electron chi connectivity index (χ4n) is 1.83. The SMILES string of the molecule is C=CCOC(=O)C(CC(C)C)NC(=O)OCc1ccccc1. The minimum absolute atomic E-state index is 0.119. The number of carbonyl (C=O) groups excluding carboxylic acids is 2. The molecule has 0 aliphatic carbocycles. The minimum Gasteiger partial charge on any atom is -0.460 e. The quantitative estimate of drug-likeness (QED) is 0.592. The maximum Gasteiger partial charge on any atom is 0.408 e. The van der Waals surface area contributed by atoms with Crippen LogP contribution >= 0.6 is 0 Å². The largest absolute Gasteiger partial charge is 0.460 e. The first-order valence-corrected chi connectivity index (χ1v) is 7.27. The lowest BCUT2D eigenvalue weighted by Crippen LogP contribution is -2.43. The molecular formula is C17H23NO4. The first-order valence-electron chi connectivity index (χ1n) is 7.27. The van der Waals surface area contributed by atoms with Gasteiger partial charge in [-0.15, -0.1) is 0 Å². The Morgan fingerprint density at radius 3 is 2.50 bits per heavy atom. The smallest absolute Gasteiger partial charge is 0.408 e. The number of esters is 1. The zero-order valence-electron chi connectivity index (χ0n) is 13.1. The summed E-state index contributed by atoms with van der Waals surface area (Å²) in [5.41, 5.74) is 0.882. The van der Waals surface area contributed by atoms with Crippen LogP contribution in [-0.4, -0.2) is 24.7 Å². The minimum atomic E-state index is -0.719. The number of ether oxygens (including phenoxy) is 2. The molecule has 1 aromatic rings. The second-order valence-corrected chi connectivity index (χ2v) is 5.31. The molecule has 0 saturated heterocycles. The van der Waals surface area contributed by atoms with Crippen LogP contribution in [0.2, 0.25) is 0 Å². The summed E-state index contributed by atoms with van der Waals surface area (Å²) in [7, 11) is 0. The van der Waals surface area contributed by atoms with Gasteiger partial charge in [0.1, 0.15) is 19.3 Å². The van der Waals surface area contributed by atoms with Crippen LogP contribution in [-0.2, 0) is 20.9 Å². The van der Waals surface area contributed by atoms with Gasteiger partial charge in [0.05, 0.1) is 0 Å². The van der Waals surface area contributed by atoms with Gasteiger partial charge in [0, 0.05) is 0 Å². The highest BCUT2D eigenvalue weighted by atomic mass is 16.6. The number of carbonyl (C=O) groups is 2. The average Bonchev–Trinajstić information content (AvgIpc) is 2.50. The molecule has 0 heterocycles. The van der Waals surface area contributed by atoms with Crippen LogP contribution in [0.1, 0.15) is 25.8 Å². The van der Waals surface area contributed by atoms with Crippen molar-refractivity contribution in [1.82, 2.24) is 5.32 Å². The summed E-state index contributed by atoms with van der Waals surface area (Å²) < 4.78 is 10.1. The summed E-state index contributed by atoms with van der Waals surface area (Å²) in [6, 6.07) is 8.62. The number of nitrogens with one attached hydrogen (secondary N) is 1. The molecule has 1 unspecified atom stereocenters. The van der Waals surface area contributed by atoms with Gasteiger partial charge in [0.2, 0.25) is 0 Å². The van der Waals surface area contributed by atoms with Crippen LogP contribution in [0.25, 0.3) is 0 Å². The Morgan fingerprint density at radius 2 is 1.91 bits per heavy atom. The van der Waals surface area contributed by atoms with E-state index >= 15 is 0 Å². The highest BCUT2D eigenvalue weighted by Crippen LogP contribution is 2.08. The molecule has 1 rings (SSSR count). The molecule has 1 aromatic carbocycles. The van der Waals surface area contributed by atoms with Crippen molar-refractivity contribution < 1.29 is 19.1 Å². The van der Waals surface area contributed by atoms with Crippen molar-refractivity contribution in [2.24, 2.45) is 5.92 Å². The number of alkyl carbamates (subject to hydrolysis) is 1. The van der Waals surface area contributed by atoms with Gasteiger partial charge in [0.15, 0.2) is 0 Å². The Labute approximate surface area is 131 Å². The Balaban J connectivity index is 2.50. The molecule has 5 heteroatoms. The van der Waals surface area contributed by atoms with Gasteiger partial charge in [-0.1, -0.05) is 56.8 Å². The normalized spacial score (nSPS) is 11.6. The fraction of sp³-hybridized carbons (Fsp3) is 0.412. The number of rotatable bonds is 8. The predicted octanol–water partition coefficient (Wildman–Crippen LogP) is 3.06. The monoisotopic (exact) mass is 305 g/mol. The Kier molecular flexibility index (Phi) is 7.75. The highest BCUT2D eigenvalue weighted by Gasteiger charge is 2.23. The second kappa shape index (κ2) is 9.60. The molecule has 0 aromatic heterocycles. The summed E-state index contributed by atoms with van der Waals surface area (Å²) in [6.07, 6.45) is 1.33. The van der Waals surface area contributed by atoms with Crippen LogP contribution in [0.4, 0.5) is 4.79 Å². The topological polar surface area (TPSA) is 64.6 Å². The Bertz CT molecular complexity index is 485. The molecule has 0 aliphatic rings. The second-order valence-electron chi connectivity index (χ2n) is 5.31. The van der Waals surface area contributed by atoms with Gasteiger partial charge in [0.25, 0.3) is 0 Å². The molecule has 0 spiro atoms. The Hall–Kier alpha value is -2.30. The van der Waals surface area contributed by atoms with E-state index in [9.17, 15) is 9.59 Å². The summed E-state index contributed by atoms with van der Waals surface area (Å²) in [5.74, 6) is -0.249. The molecule has 22 heavy (non-hydrogen) atoms. The predicted molar refractivity (Wildman–Crippen MR) is 84.2 cm³/mol. The lowest BCUT2D eigenvalue weighted by atomic mass is 10.0. The van der Waals surface area contributed by atoms with E-state index in [1.165, 1.54) is 6.08 Å². The van der Waals surface area contributed by atoms with Crippen LogP contribution in [0.3, 0.4) is 0 Å². The van der Waals surface area contributed by atoms with Crippen molar-refractivity contribution in [1.29, 1.82) is 0 Å². The van der Waals surface area contributed by atoms with Crippen molar-refractivity contribution in [3.63, 3.8) is 0 Å². The number of hydrogen-bond acceptors (Lipinski definition) is 4. The molecule has 0 bridgehead atoms. The average molecular weight is 305 g/mol. The standard InChI is InChI=1S/C17H23NO4/c1-4-10-21-16(19)15(11-13(2)3)18-17(20)22-12-14-8-6-5-7-9-14/h4-9,13,15H,1,10-12H2,2-3H3,(H,18,20). The summed E-state index contributed by atoms with van der Waals surface area (Å²) in [6.45, 7) is 7.69. The summed E-state index contributed by atoms with van der Waals surface area (Å²) in [4.78, 5) is 23.7. The maximum absolute atomic E-state index is 11.9. The van der Waals surface area contributed by atoms with Crippen molar-refractivity contribution in [2.75, 3.05) is 6.61 Å². The third-order valence-electron chi connectivity index (χ3n) is 2.84. The molecular weight excluding hydrogens is 282 g/mol. The van der Waals surface area contributed by atoms with E-state index < -0.39 is 18.1 Å². The van der Waals surface area contributed by atoms with Gasteiger partial charge >= 0.3 is 12.1 Å². The molecule has 5 nitrogen and oxygen atoms in total. The molecule has 1 N–H and O–H groups in total. The van der Waals surface area contributed by atoms with Gasteiger partial charge in [-0.2, -0.15) is 0 Å². The first-order chi connectivity index (χ1) is 10.5. The number of benzene rings is 1. The molecule has 0 saturated carbocycles. The summed E-state index contributed by atoms with van der Waals surface area (Å²) >= 11 is 0. The fourth-order valence-corrected chi connectivity index (χ4v) is 1.83. The zero-order valence-corrected chi connectivity index (χ0v) is 13.1. The van der Waals surface area contributed by atoms with E-state index in [0.29, 0.717) is 6.42 Å². The lowest BCUT2D eigenvalue weighted by Gasteiger charge is -2.18. The third-order valence-corrected chi connectivity index (χ3v) is 2.84. The van der Waals surface area contributed by atoms with Crippen LogP contribution < -0.4 is 5.32 Å². The third kappa shape index (κ3) is 6.92. The molecule has 0 fully saturated rings. The first kappa shape index (κ1) is 17.8. The maximum atomic E-state index is 11.9. The van der Waals surface area contributed by atoms with E-state index in [1.54, 1.807) is 0 Å². The lowest BCUT2D eigenvalue weighted by molar-refractivity contribution is -0.145. The Morgan fingerprint density at radius 1 is 1.23 bits per heavy atom. The van der Waals surface area contributed by atoms with Crippen LogP contribution in [0.15, 0.2) is 43.0 Å². The molecule has 1 atom stereocenters. The van der Waals surface area contributed by atoms with Crippen molar-refractivity contribution in [3.8, 4) is 0 Å². The van der Waals surface area contributed by atoms with Crippen molar-refractivity contribution in [3.05, 3.63) is 48.6 Å². The van der Waals surface area contributed by atoms with Gasteiger partial charge in [-0.3, -0.25) is 0 Å². The van der Waals surface area contributed by atoms with Crippen molar-refractivity contribution in [2.45, 2.75) is 32.9 Å². The molecule has 120 valence electrons. The van der Waals surface area contributed by atoms with Crippen LogP contribution in [0, 0.1) is 5.92 Å². The van der Waals surface area contributed by atoms with Gasteiger partial charge in [-0.05, 0) is 17.9 Å². The van der Waals surface area contributed by atoms with E-state index in [2.05, 4.69) is 11.9 Å². The zero-order chi connectivity index (χ0) is 16.4. The van der Waals surface area contributed by atoms with E-state index in [1.807, 2.05) is 44.2 Å². The molecule has 0 aliphatic heterocycles. The van der Waals surface area contributed by atoms with Crippen molar-refractivity contribution >= 4 is 12.1 Å². The van der Waals surface area contributed by atoms with E-state index in [-0.39, 0.29) is 19.1 Å².